The van der Waals surface area contributed by atoms with Crippen molar-refractivity contribution < 1.29 is 15.0 Å². The number of aliphatic hydroxyl groups excluding tert-OH is 1. The van der Waals surface area contributed by atoms with Crippen molar-refractivity contribution in [2.75, 3.05) is 6.61 Å². The van der Waals surface area contributed by atoms with E-state index in [-0.39, 0.29) is 12.6 Å². The summed E-state index contributed by atoms with van der Waals surface area (Å²) < 4.78 is 0. The fourth-order valence-corrected chi connectivity index (χ4v) is 2.26. The summed E-state index contributed by atoms with van der Waals surface area (Å²) in [5.41, 5.74) is 0. The van der Waals surface area contributed by atoms with Crippen LogP contribution in [0.25, 0.3) is 0 Å². The Morgan fingerprint density at radius 3 is 1.84 bits per heavy atom. The highest BCUT2D eigenvalue weighted by Gasteiger charge is 2.08. The van der Waals surface area contributed by atoms with Gasteiger partial charge in [-0.25, -0.2) is 4.79 Å². The average Bonchev–Trinajstić information content (AvgIpc) is 2.39. The second-order valence-electron chi connectivity index (χ2n) is 5.30. The van der Waals surface area contributed by atoms with Gasteiger partial charge in [0.15, 0.2) is 0 Å². The van der Waals surface area contributed by atoms with Gasteiger partial charge in [-0.1, -0.05) is 71.1 Å². The molecular formula is C15H31NO3. The van der Waals surface area contributed by atoms with Crippen LogP contribution in [0.2, 0.25) is 0 Å². The largest absolute Gasteiger partial charge is 0.465 e. The first kappa shape index (κ1) is 18.2. The van der Waals surface area contributed by atoms with Gasteiger partial charge in [0, 0.05) is 0 Å². The molecule has 0 unspecified atom stereocenters. The van der Waals surface area contributed by atoms with E-state index in [1.165, 1.54) is 51.4 Å². The minimum absolute atomic E-state index is 0.107. The number of aliphatic hydroxyl groups is 1. The molecular weight excluding hydrogens is 242 g/mol. The maximum absolute atomic E-state index is 10.4. The molecule has 0 rings (SSSR count). The van der Waals surface area contributed by atoms with E-state index in [1.807, 2.05) is 0 Å². The highest BCUT2D eigenvalue weighted by molar-refractivity contribution is 5.64. The molecule has 19 heavy (non-hydrogen) atoms. The van der Waals surface area contributed by atoms with Crippen LogP contribution in [0.4, 0.5) is 4.79 Å². The zero-order valence-electron chi connectivity index (χ0n) is 12.4. The number of nitrogens with one attached hydrogen (secondary N) is 1. The molecule has 1 atom stereocenters. The lowest BCUT2D eigenvalue weighted by Crippen LogP contribution is -2.36. The molecule has 0 saturated heterocycles. The van der Waals surface area contributed by atoms with Gasteiger partial charge >= 0.3 is 6.09 Å². The second-order valence-corrected chi connectivity index (χ2v) is 5.30. The number of unbranched alkanes of at least 4 members (excludes halogenated alkanes) is 9. The van der Waals surface area contributed by atoms with Crippen LogP contribution in [-0.4, -0.2) is 29.0 Å². The number of hydrogen-bond donors (Lipinski definition) is 3. The second kappa shape index (κ2) is 13.7. The van der Waals surface area contributed by atoms with Gasteiger partial charge in [-0.3, -0.25) is 0 Å². The van der Waals surface area contributed by atoms with Gasteiger partial charge < -0.3 is 15.5 Å². The Bertz CT molecular complexity index is 210. The number of rotatable bonds is 13. The summed E-state index contributed by atoms with van der Waals surface area (Å²) in [6, 6.07) is -0.299. The highest BCUT2D eigenvalue weighted by Crippen LogP contribution is 2.11. The molecule has 1 amide bonds. The molecule has 0 aliphatic carbocycles. The predicted octanol–water partition coefficient (Wildman–Crippen LogP) is 3.93. The van der Waals surface area contributed by atoms with Crippen LogP contribution in [0.3, 0.4) is 0 Å². The average molecular weight is 273 g/mol. The first-order valence-corrected chi connectivity index (χ1v) is 7.81. The van der Waals surface area contributed by atoms with Gasteiger partial charge in [-0.15, -0.1) is 0 Å². The number of carbonyl (C=O) groups is 1. The van der Waals surface area contributed by atoms with E-state index >= 15 is 0 Å². The molecule has 3 N–H and O–H groups in total. The third kappa shape index (κ3) is 13.5. The van der Waals surface area contributed by atoms with E-state index in [9.17, 15) is 4.79 Å². The van der Waals surface area contributed by atoms with Crippen molar-refractivity contribution in [2.45, 2.75) is 83.6 Å². The van der Waals surface area contributed by atoms with Crippen LogP contribution in [0.5, 0.6) is 0 Å². The maximum atomic E-state index is 10.4. The van der Waals surface area contributed by atoms with Crippen molar-refractivity contribution in [1.82, 2.24) is 5.32 Å². The van der Waals surface area contributed by atoms with Gasteiger partial charge in [0.2, 0.25) is 0 Å². The molecule has 0 aromatic rings. The lowest BCUT2D eigenvalue weighted by Gasteiger charge is -2.13. The summed E-state index contributed by atoms with van der Waals surface area (Å²) >= 11 is 0. The lowest BCUT2D eigenvalue weighted by atomic mass is 10.0. The predicted molar refractivity (Wildman–Crippen MR) is 78.5 cm³/mol. The Kier molecular flexibility index (Phi) is 13.1. The lowest BCUT2D eigenvalue weighted by molar-refractivity contribution is 0.174. The quantitative estimate of drug-likeness (QED) is 0.445. The summed E-state index contributed by atoms with van der Waals surface area (Å²) in [7, 11) is 0. The molecule has 0 spiro atoms. The first-order valence-electron chi connectivity index (χ1n) is 7.81. The summed E-state index contributed by atoms with van der Waals surface area (Å²) in [5, 5.41) is 19.9. The van der Waals surface area contributed by atoms with Gasteiger partial charge in [-0.2, -0.15) is 0 Å². The van der Waals surface area contributed by atoms with Crippen LogP contribution in [-0.2, 0) is 0 Å². The van der Waals surface area contributed by atoms with Crippen LogP contribution in [0.1, 0.15) is 77.6 Å². The third-order valence-corrected chi connectivity index (χ3v) is 3.45. The molecule has 0 bridgehead atoms. The molecule has 4 nitrogen and oxygen atoms in total. The summed E-state index contributed by atoms with van der Waals surface area (Å²) in [4.78, 5) is 10.4. The fourth-order valence-electron chi connectivity index (χ4n) is 2.26. The highest BCUT2D eigenvalue weighted by atomic mass is 16.4. The number of hydrogen-bond acceptors (Lipinski definition) is 2. The van der Waals surface area contributed by atoms with Gasteiger partial charge in [0.25, 0.3) is 0 Å². The summed E-state index contributed by atoms with van der Waals surface area (Å²) in [6.45, 7) is 2.13. The van der Waals surface area contributed by atoms with Gasteiger partial charge in [-0.05, 0) is 6.42 Å². The molecule has 114 valence electrons. The zero-order chi connectivity index (χ0) is 14.3. The Morgan fingerprint density at radius 2 is 1.42 bits per heavy atom. The van der Waals surface area contributed by atoms with Crippen LogP contribution < -0.4 is 5.32 Å². The molecule has 0 aliphatic heterocycles. The smallest absolute Gasteiger partial charge is 0.404 e. The fraction of sp³-hybridized carbons (Fsp3) is 0.933. The SMILES string of the molecule is CCCCCCCCCCCC[C@H](CO)NC(=O)O. The van der Waals surface area contributed by atoms with Crippen molar-refractivity contribution in [3.05, 3.63) is 0 Å². The minimum atomic E-state index is -1.05. The third-order valence-electron chi connectivity index (χ3n) is 3.45. The van der Waals surface area contributed by atoms with Crippen molar-refractivity contribution in [3.63, 3.8) is 0 Å². The molecule has 0 aromatic carbocycles. The van der Waals surface area contributed by atoms with E-state index in [1.54, 1.807) is 0 Å². The van der Waals surface area contributed by atoms with Crippen LogP contribution in [0, 0.1) is 0 Å². The molecule has 0 heterocycles. The normalized spacial score (nSPS) is 12.3. The summed E-state index contributed by atoms with van der Waals surface area (Å²) in [5.74, 6) is 0. The van der Waals surface area contributed by atoms with Crippen molar-refractivity contribution in [3.8, 4) is 0 Å². The Labute approximate surface area is 117 Å². The summed E-state index contributed by atoms with van der Waals surface area (Å²) in [6.07, 6.45) is 12.4. The van der Waals surface area contributed by atoms with E-state index < -0.39 is 6.09 Å². The van der Waals surface area contributed by atoms with Gasteiger partial charge in [0.05, 0.1) is 12.6 Å². The molecule has 0 saturated carbocycles. The van der Waals surface area contributed by atoms with Gasteiger partial charge in [0.1, 0.15) is 0 Å². The van der Waals surface area contributed by atoms with Crippen molar-refractivity contribution in [2.24, 2.45) is 0 Å². The first-order chi connectivity index (χ1) is 9.20. The maximum Gasteiger partial charge on any atom is 0.404 e. The van der Waals surface area contributed by atoms with E-state index in [4.69, 9.17) is 10.2 Å². The van der Waals surface area contributed by atoms with Crippen LogP contribution >= 0.6 is 0 Å². The molecule has 0 fully saturated rings. The Hall–Kier alpha value is -0.770. The van der Waals surface area contributed by atoms with Crippen molar-refractivity contribution >= 4 is 6.09 Å². The molecule has 0 radical (unpaired) electrons. The zero-order valence-corrected chi connectivity index (χ0v) is 12.4. The van der Waals surface area contributed by atoms with E-state index in [0.29, 0.717) is 0 Å². The van der Waals surface area contributed by atoms with Crippen molar-refractivity contribution in [1.29, 1.82) is 0 Å². The van der Waals surface area contributed by atoms with E-state index in [2.05, 4.69) is 12.2 Å². The number of amides is 1. The number of carboxylic acid groups (broad SMARTS) is 1. The topological polar surface area (TPSA) is 69.6 Å². The standard InChI is InChI=1S/C15H31NO3/c1-2-3-4-5-6-7-8-9-10-11-12-14(13-17)16-15(18)19/h14,16-17H,2-13H2,1H3,(H,18,19)/t14-/m1/s1. The Balaban J connectivity index is 3.23. The van der Waals surface area contributed by atoms with E-state index in [0.717, 1.165) is 19.3 Å². The molecule has 4 heteroatoms. The Morgan fingerprint density at radius 1 is 0.947 bits per heavy atom. The minimum Gasteiger partial charge on any atom is -0.465 e. The van der Waals surface area contributed by atoms with Crippen LogP contribution in [0.15, 0.2) is 0 Å². The monoisotopic (exact) mass is 273 g/mol. The molecule has 0 aromatic heterocycles. The molecule has 0 aliphatic rings.